The molecule has 1 amide bonds. The van der Waals surface area contributed by atoms with Gasteiger partial charge in [0.2, 0.25) is 12.7 Å². The van der Waals surface area contributed by atoms with E-state index in [1.54, 1.807) is 23.3 Å². The summed E-state index contributed by atoms with van der Waals surface area (Å²) in [7, 11) is 0. The van der Waals surface area contributed by atoms with E-state index in [9.17, 15) is 4.79 Å². The molecule has 0 saturated heterocycles. The molecule has 1 atom stereocenters. The van der Waals surface area contributed by atoms with Gasteiger partial charge in [-0.05, 0) is 29.3 Å². The molecule has 0 saturated carbocycles. The normalized spacial score (nSPS) is 13.6. The van der Waals surface area contributed by atoms with Crippen molar-refractivity contribution < 1.29 is 14.3 Å². The first-order valence-electron chi connectivity index (χ1n) is 8.55. The first-order chi connectivity index (χ1) is 13.3. The van der Waals surface area contributed by atoms with Crippen molar-refractivity contribution in [1.82, 2.24) is 20.3 Å². The van der Waals surface area contributed by atoms with Crippen LogP contribution >= 0.6 is 0 Å². The molecule has 1 aromatic heterocycles. The predicted molar refractivity (Wildman–Crippen MR) is 98.9 cm³/mol. The Morgan fingerprint density at radius 1 is 1.11 bits per heavy atom. The van der Waals surface area contributed by atoms with Crippen molar-refractivity contribution in [1.29, 1.82) is 0 Å². The molecule has 1 N–H and O–H groups in total. The Kier molecular flexibility index (Phi) is 4.82. The smallest absolute Gasteiger partial charge is 0.244 e. The van der Waals surface area contributed by atoms with E-state index in [4.69, 9.17) is 9.47 Å². The maximum atomic E-state index is 12.5. The topological polar surface area (TPSA) is 78.3 Å². The number of hydrogen-bond donors (Lipinski definition) is 1. The molecule has 136 valence electrons. The third-order valence-corrected chi connectivity index (χ3v) is 4.15. The molecule has 3 aromatic rings. The van der Waals surface area contributed by atoms with Crippen molar-refractivity contribution >= 4 is 12.0 Å². The summed E-state index contributed by atoms with van der Waals surface area (Å²) in [6, 6.07) is 15.1. The van der Waals surface area contributed by atoms with E-state index >= 15 is 0 Å². The molecule has 7 heteroatoms. The van der Waals surface area contributed by atoms with Crippen molar-refractivity contribution in [3.05, 3.63) is 78.1 Å². The van der Waals surface area contributed by atoms with Crippen LogP contribution in [0.15, 0.2) is 67.0 Å². The molecule has 0 fully saturated rings. The third-order valence-electron chi connectivity index (χ3n) is 4.15. The zero-order chi connectivity index (χ0) is 18.5. The lowest BCUT2D eigenvalue weighted by molar-refractivity contribution is -0.117. The van der Waals surface area contributed by atoms with Gasteiger partial charge in [-0.25, -0.2) is 0 Å². The molecule has 27 heavy (non-hydrogen) atoms. The lowest BCUT2D eigenvalue weighted by Crippen LogP contribution is -2.30. The average molecular weight is 362 g/mol. The van der Waals surface area contributed by atoms with Gasteiger partial charge in [-0.3, -0.25) is 4.79 Å². The van der Waals surface area contributed by atoms with Crippen molar-refractivity contribution in [2.24, 2.45) is 0 Å². The van der Waals surface area contributed by atoms with Gasteiger partial charge in [0.15, 0.2) is 11.5 Å². The van der Waals surface area contributed by atoms with Gasteiger partial charge in [-0.1, -0.05) is 36.4 Å². The summed E-state index contributed by atoms with van der Waals surface area (Å²) in [6.45, 7) is 0.670. The highest BCUT2D eigenvalue weighted by Gasteiger charge is 2.15. The zero-order valence-electron chi connectivity index (χ0n) is 14.5. The highest BCUT2D eigenvalue weighted by atomic mass is 16.7. The van der Waals surface area contributed by atoms with Crippen LogP contribution in [0.25, 0.3) is 6.08 Å². The Labute approximate surface area is 156 Å². The summed E-state index contributed by atoms with van der Waals surface area (Å²) >= 11 is 0. The molecule has 4 rings (SSSR count). The van der Waals surface area contributed by atoms with Crippen molar-refractivity contribution in [2.75, 3.05) is 6.79 Å². The van der Waals surface area contributed by atoms with E-state index in [1.165, 1.54) is 6.08 Å². The van der Waals surface area contributed by atoms with E-state index in [-0.39, 0.29) is 18.7 Å². The number of carbonyl (C=O) groups is 1. The van der Waals surface area contributed by atoms with E-state index < -0.39 is 0 Å². The second-order valence-corrected chi connectivity index (χ2v) is 6.00. The van der Waals surface area contributed by atoms with Gasteiger partial charge in [-0.2, -0.15) is 15.0 Å². The van der Waals surface area contributed by atoms with Gasteiger partial charge in [0.05, 0.1) is 25.0 Å². The van der Waals surface area contributed by atoms with Crippen LogP contribution in [0.3, 0.4) is 0 Å². The minimum Gasteiger partial charge on any atom is -0.454 e. The third kappa shape index (κ3) is 4.14. The molecular formula is C20H18N4O3. The molecule has 2 heterocycles. The monoisotopic (exact) mass is 362 g/mol. The standard InChI is InChI=1S/C20H18N4O3/c25-20(9-7-15-6-8-18-19(12-15)27-14-26-18)23-17(13-24-21-10-11-22-24)16-4-2-1-3-5-16/h1-12,17H,13-14H2,(H,23,25)/b9-7+. The van der Waals surface area contributed by atoms with Crippen LogP contribution < -0.4 is 14.8 Å². The predicted octanol–water partition coefficient (Wildman–Crippen LogP) is 2.58. The zero-order valence-corrected chi connectivity index (χ0v) is 14.5. The first-order valence-corrected chi connectivity index (χ1v) is 8.55. The molecule has 0 radical (unpaired) electrons. The van der Waals surface area contributed by atoms with Crippen LogP contribution in [0, 0.1) is 0 Å². The van der Waals surface area contributed by atoms with E-state index in [2.05, 4.69) is 15.5 Å². The quantitative estimate of drug-likeness (QED) is 0.682. The number of rotatable bonds is 6. The van der Waals surface area contributed by atoms with Crippen LogP contribution in [-0.2, 0) is 11.3 Å². The van der Waals surface area contributed by atoms with E-state index in [0.29, 0.717) is 18.0 Å². The largest absolute Gasteiger partial charge is 0.454 e. The lowest BCUT2D eigenvalue weighted by Gasteiger charge is -2.17. The summed E-state index contributed by atoms with van der Waals surface area (Å²) in [4.78, 5) is 14.0. The van der Waals surface area contributed by atoms with Crippen LogP contribution in [0.4, 0.5) is 0 Å². The fraction of sp³-hybridized carbons (Fsp3) is 0.150. The molecule has 0 bridgehead atoms. The number of fused-ring (bicyclic) bond motifs is 1. The van der Waals surface area contributed by atoms with Gasteiger partial charge >= 0.3 is 0 Å². The fourth-order valence-corrected chi connectivity index (χ4v) is 2.83. The summed E-state index contributed by atoms with van der Waals surface area (Å²) in [5.41, 5.74) is 1.85. The second-order valence-electron chi connectivity index (χ2n) is 6.00. The van der Waals surface area contributed by atoms with Crippen molar-refractivity contribution in [3.63, 3.8) is 0 Å². The second kappa shape index (κ2) is 7.74. The number of ether oxygens (including phenoxy) is 2. The van der Waals surface area contributed by atoms with Crippen molar-refractivity contribution in [2.45, 2.75) is 12.6 Å². The van der Waals surface area contributed by atoms with Gasteiger partial charge in [0, 0.05) is 6.08 Å². The summed E-state index contributed by atoms with van der Waals surface area (Å²) in [5.74, 6) is 1.20. The number of benzene rings is 2. The molecule has 0 aliphatic carbocycles. The molecule has 1 unspecified atom stereocenters. The molecule has 0 spiro atoms. The number of hydrogen-bond acceptors (Lipinski definition) is 5. The highest BCUT2D eigenvalue weighted by molar-refractivity contribution is 5.92. The number of aromatic nitrogens is 3. The fourth-order valence-electron chi connectivity index (χ4n) is 2.83. The molecule has 2 aromatic carbocycles. The van der Waals surface area contributed by atoms with Crippen LogP contribution in [-0.4, -0.2) is 27.7 Å². The Morgan fingerprint density at radius 2 is 1.89 bits per heavy atom. The van der Waals surface area contributed by atoms with Gasteiger partial charge in [-0.15, -0.1) is 0 Å². The van der Waals surface area contributed by atoms with Gasteiger partial charge in [0.25, 0.3) is 0 Å². The van der Waals surface area contributed by atoms with Crippen LogP contribution in [0.1, 0.15) is 17.2 Å². The Balaban J connectivity index is 1.46. The number of carbonyl (C=O) groups excluding carboxylic acids is 1. The number of amides is 1. The highest BCUT2D eigenvalue weighted by Crippen LogP contribution is 2.32. The van der Waals surface area contributed by atoms with E-state index in [0.717, 1.165) is 11.1 Å². The van der Waals surface area contributed by atoms with Crippen LogP contribution in [0.5, 0.6) is 11.5 Å². The average Bonchev–Trinajstić information content (AvgIpc) is 3.38. The Hall–Kier alpha value is -3.61. The lowest BCUT2D eigenvalue weighted by atomic mass is 10.1. The minimum atomic E-state index is -0.243. The summed E-state index contributed by atoms with van der Waals surface area (Å²) in [6.07, 6.45) is 6.47. The summed E-state index contributed by atoms with van der Waals surface area (Å²) in [5, 5.41) is 11.3. The summed E-state index contributed by atoms with van der Waals surface area (Å²) < 4.78 is 10.6. The van der Waals surface area contributed by atoms with E-state index in [1.807, 2.05) is 48.5 Å². The molecule has 7 nitrogen and oxygen atoms in total. The van der Waals surface area contributed by atoms with Gasteiger partial charge in [0.1, 0.15) is 0 Å². The van der Waals surface area contributed by atoms with Crippen LogP contribution in [0.2, 0.25) is 0 Å². The molecule has 1 aliphatic rings. The SMILES string of the molecule is O=C(/C=C/c1ccc2c(c1)OCO2)NC(Cn1nccn1)c1ccccc1. The maximum Gasteiger partial charge on any atom is 0.244 e. The molecular weight excluding hydrogens is 344 g/mol. The maximum absolute atomic E-state index is 12.5. The first kappa shape index (κ1) is 16.8. The number of nitrogens with zero attached hydrogens (tertiary/aromatic N) is 3. The van der Waals surface area contributed by atoms with Gasteiger partial charge < -0.3 is 14.8 Å². The number of nitrogens with one attached hydrogen (secondary N) is 1. The Bertz CT molecular complexity index is 939. The van der Waals surface area contributed by atoms with Crippen molar-refractivity contribution in [3.8, 4) is 11.5 Å². The Morgan fingerprint density at radius 3 is 2.70 bits per heavy atom. The molecule has 1 aliphatic heterocycles. The minimum absolute atomic E-state index is 0.200.